The number of aliphatic imine (C=N–C) groups is 1. The molecule has 0 saturated carbocycles. The number of rotatable bonds is 5. The van der Waals surface area contributed by atoms with Crippen LogP contribution in [-0.2, 0) is 13.1 Å². The molecule has 1 aromatic carbocycles. The number of fused-ring (bicyclic) bond motifs is 1. The number of halogens is 1. The second kappa shape index (κ2) is 8.93. The minimum Gasteiger partial charge on any atom is -0.459 e. The summed E-state index contributed by atoms with van der Waals surface area (Å²) in [7, 11) is 0. The maximum absolute atomic E-state index is 5.80. The van der Waals surface area contributed by atoms with Crippen LogP contribution in [0, 0.1) is 0 Å². The largest absolute Gasteiger partial charge is 0.459 e. The van der Waals surface area contributed by atoms with Gasteiger partial charge in [0.15, 0.2) is 5.96 Å². The lowest BCUT2D eigenvalue weighted by Crippen LogP contribution is -2.36. The third-order valence-electron chi connectivity index (χ3n) is 3.25. The van der Waals surface area contributed by atoms with E-state index in [2.05, 4.69) is 51.5 Å². The average Bonchev–Trinajstić information content (AvgIpc) is 3.18. The second-order valence-corrected chi connectivity index (χ2v) is 5.71. The molecule has 0 fully saturated rings. The highest BCUT2D eigenvalue weighted by Crippen LogP contribution is 2.18. The van der Waals surface area contributed by atoms with Gasteiger partial charge in [-0.25, -0.2) is 4.99 Å². The lowest BCUT2D eigenvalue weighted by atomic mass is 10.2. The quantitative estimate of drug-likeness (QED) is 0.351. The lowest BCUT2D eigenvalue weighted by molar-refractivity contribution is 0.538. The van der Waals surface area contributed by atoms with Crippen molar-refractivity contribution in [2.45, 2.75) is 20.0 Å². The van der Waals surface area contributed by atoms with Gasteiger partial charge >= 0.3 is 0 Å². The summed E-state index contributed by atoms with van der Waals surface area (Å²) in [6.45, 7) is 4.18. The van der Waals surface area contributed by atoms with Gasteiger partial charge in [0.05, 0.1) is 13.1 Å². The highest BCUT2D eigenvalue weighted by atomic mass is 127. The molecular weight excluding hydrogens is 421 g/mol. The monoisotopic (exact) mass is 441 g/mol. The fourth-order valence-corrected chi connectivity index (χ4v) is 2.85. The Kier molecular flexibility index (Phi) is 6.91. The molecule has 122 valence electrons. The van der Waals surface area contributed by atoms with Crippen LogP contribution in [0.1, 0.15) is 18.2 Å². The van der Waals surface area contributed by atoms with Crippen LogP contribution in [0.4, 0.5) is 0 Å². The molecule has 3 rings (SSSR count). The van der Waals surface area contributed by atoms with Gasteiger partial charge in [-0.2, -0.15) is 11.3 Å². The Morgan fingerprint density at radius 1 is 1.22 bits per heavy atom. The Morgan fingerprint density at radius 3 is 2.83 bits per heavy atom. The summed E-state index contributed by atoms with van der Waals surface area (Å²) in [4.78, 5) is 4.58. The van der Waals surface area contributed by atoms with Crippen LogP contribution >= 0.6 is 35.3 Å². The molecule has 0 aliphatic carbocycles. The highest BCUT2D eigenvalue weighted by Gasteiger charge is 2.04. The molecule has 2 heterocycles. The minimum absolute atomic E-state index is 0. The Morgan fingerprint density at radius 2 is 2.09 bits per heavy atom. The molecule has 6 heteroatoms. The summed E-state index contributed by atoms with van der Waals surface area (Å²) >= 11 is 1.69. The molecule has 3 aromatic rings. The van der Waals surface area contributed by atoms with Gasteiger partial charge in [-0.05, 0) is 41.4 Å². The van der Waals surface area contributed by atoms with Gasteiger partial charge in [0.2, 0.25) is 0 Å². The average molecular weight is 441 g/mol. The number of nitrogens with one attached hydrogen (secondary N) is 2. The number of benzene rings is 1. The first-order valence-corrected chi connectivity index (χ1v) is 8.30. The van der Waals surface area contributed by atoms with Crippen molar-refractivity contribution in [2.24, 2.45) is 4.99 Å². The second-order valence-electron chi connectivity index (χ2n) is 4.93. The topological polar surface area (TPSA) is 49.6 Å². The first kappa shape index (κ1) is 17.8. The molecule has 0 spiro atoms. The summed E-state index contributed by atoms with van der Waals surface area (Å²) < 4.78 is 5.80. The maximum atomic E-state index is 5.80. The van der Waals surface area contributed by atoms with Gasteiger partial charge in [-0.3, -0.25) is 0 Å². The van der Waals surface area contributed by atoms with Crippen LogP contribution in [0.2, 0.25) is 0 Å². The summed E-state index contributed by atoms with van der Waals surface area (Å²) in [5.74, 6) is 1.71. The Bertz CT molecular complexity index is 719. The Balaban J connectivity index is 0.00000192. The predicted molar refractivity (Wildman–Crippen MR) is 108 cm³/mol. The lowest BCUT2D eigenvalue weighted by Gasteiger charge is -2.09. The number of furan rings is 1. The molecule has 0 amide bonds. The van der Waals surface area contributed by atoms with Crippen LogP contribution < -0.4 is 10.6 Å². The highest BCUT2D eigenvalue weighted by molar-refractivity contribution is 14.0. The van der Waals surface area contributed by atoms with Gasteiger partial charge in [-0.1, -0.05) is 18.2 Å². The van der Waals surface area contributed by atoms with Gasteiger partial charge in [0.1, 0.15) is 11.3 Å². The molecule has 23 heavy (non-hydrogen) atoms. The molecule has 4 nitrogen and oxygen atoms in total. The molecule has 0 aliphatic heterocycles. The number of guanidine groups is 1. The van der Waals surface area contributed by atoms with Gasteiger partial charge in [-0.15, -0.1) is 24.0 Å². The van der Waals surface area contributed by atoms with E-state index in [1.54, 1.807) is 11.3 Å². The summed E-state index contributed by atoms with van der Waals surface area (Å²) in [5.41, 5.74) is 2.14. The van der Waals surface area contributed by atoms with E-state index in [0.29, 0.717) is 13.1 Å². The van der Waals surface area contributed by atoms with Gasteiger partial charge in [0, 0.05) is 11.9 Å². The maximum Gasteiger partial charge on any atom is 0.191 e. The van der Waals surface area contributed by atoms with Crippen LogP contribution in [0.5, 0.6) is 0 Å². The van der Waals surface area contributed by atoms with Crippen molar-refractivity contribution in [1.29, 1.82) is 0 Å². The van der Waals surface area contributed by atoms with Crippen LogP contribution in [0.3, 0.4) is 0 Å². The Hall–Kier alpha value is -1.54. The van der Waals surface area contributed by atoms with E-state index in [4.69, 9.17) is 4.42 Å². The number of hydrogen-bond acceptors (Lipinski definition) is 3. The number of para-hydroxylation sites is 1. The van der Waals surface area contributed by atoms with Crippen molar-refractivity contribution in [2.75, 3.05) is 6.54 Å². The molecule has 0 radical (unpaired) electrons. The zero-order valence-corrected chi connectivity index (χ0v) is 16.1. The van der Waals surface area contributed by atoms with Crippen molar-refractivity contribution >= 4 is 52.2 Å². The first-order valence-electron chi connectivity index (χ1n) is 7.36. The van der Waals surface area contributed by atoms with E-state index in [0.717, 1.165) is 29.2 Å². The number of thiophene rings is 1. The first-order chi connectivity index (χ1) is 10.8. The van der Waals surface area contributed by atoms with Crippen molar-refractivity contribution < 1.29 is 4.42 Å². The Labute approximate surface area is 157 Å². The SMILES string of the molecule is CCNC(=NCc1ccsc1)NCc1cc2ccccc2o1.I. The summed E-state index contributed by atoms with van der Waals surface area (Å²) in [6.07, 6.45) is 0. The molecule has 0 saturated heterocycles. The van der Waals surface area contributed by atoms with Crippen LogP contribution in [-0.4, -0.2) is 12.5 Å². The van der Waals surface area contributed by atoms with Crippen molar-refractivity contribution in [3.8, 4) is 0 Å². The van der Waals surface area contributed by atoms with Crippen molar-refractivity contribution in [1.82, 2.24) is 10.6 Å². The number of nitrogens with zero attached hydrogens (tertiary/aromatic N) is 1. The molecule has 0 aliphatic rings. The van der Waals surface area contributed by atoms with Crippen molar-refractivity contribution in [3.63, 3.8) is 0 Å². The zero-order valence-electron chi connectivity index (χ0n) is 12.9. The molecule has 0 bridgehead atoms. The van der Waals surface area contributed by atoms with Crippen LogP contribution in [0.25, 0.3) is 11.0 Å². The standard InChI is InChI=1S/C17H19N3OS.HI/c1-2-18-17(19-10-13-7-8-22-12-13)20-11-15-9-14-5-3-4-6-16(14)21-15;/h3-9,12H,2,10-11H2,1H3,(H2,18,19,20);1H. The van der Waals surface area contributed by atoms with Crippen molar-refractivity contribution in [3.05, 3.63) is 58.5 Å². The van der Waals surface area contributed by atoms with E-state index >= 15 is 0 Å². The smallest absolute Gasteiger partial charge is 0.191 e. The molecule has 0 unspecified atom stereocenters. The van der Waals surface area contributed by atoms with E-state index < -0.39 is 0 Å². The van der Waals surface area contributed by atoms with Gasteiger partial charge in [0.25, 0.3) is 0 Å². The van der Waals surface area contributed by atoms with E-state index in [1.165, 1.54) is 5.56 Å². The fourth-order valence-electron chi connectivity index (χ4n) is 2.19. The van der Waals surface area contributed by atoms with E-state index in [9.17, 15) is 0 Å². The predicted octanol–water partition coefficient (Wildman–Crippen LogP) is 4.37. The zero-order chi connectivity index (χ0) is 15.2. The molecule has 2 aromatic heterocycles. The molecule has 2 N–H and O–H groups in total. The summed E-state index contributed by atoms with van der Waals surface area (Å²) in [5, 5.41) is 11.9. The van der Waals surface area contributed by atoms with E-state index in [1.807, 2.05) is 18.2 Å². The molecular formula is C17H20IN3OS. The minimum atomic E-state index is 0. The van der Waals surface area contributed by atoms with Crippen LogP contribution in [0.15, 0.2) is 56.6 Å². The van der Waals surface area contributed by atoms with Gasteiger partial charge < -0.3 is 15.1 Å². The number of hydrogen-bond donors (Lipinski definition) is 2. The summed E-state index contributed by atoms with van der Waals surface area (Å²) in [6, 6.07) is 12.2. The third-order valence-corrected chi connectivity index (χ3v) is 3.98. The normalized spacial score (nSPS) is 11.3. The third kappa shape index (κ3) is 4.97. The molecule has 0 atom stereocenters. The fraction of sp³-hybridized carbons (Fsp3) is 0.235. The van der Waals surface area contributed by atoms with E-state index in [-0.39, 0.29) is 24.0 Å².